The van der Waals surface area contributed by atoms with Gasteiger partial charge in [0.1, 0.15) is 5.82 Å². The first kappa shape index (κ1) is 22.2. The Kier molecular flexibility index (Phi) is 7.18. The summed E-state index contributed by atoms with van der Waals surface area (Å²) in [5.41, 5.74) is 2.65. The van der Waals surface area contributed by atoms with E-state index < -0.39 is 5.97 Å². The van der Waals surface area contributed by atoms with Crippen LogP contribution in [0.2, 0.25) is 0 Å². The molecule has 1 N–H and O–H groups in total. The summed E-state index contributed by atoms with van der Waals surface area (Å²) in [5.74, 6) is -0.386. The summed E-state index contributed by atoms with van der Waals surface area (Å²) < 4.78 is 6.53. The number of carbonyl (C=O) groups excluding carboxylic acids is 2. The van der Waals surface area contributed by atoms with Gasteiger partial charge in [0.2, 0.25) is 0 Å². The molecule has 3 rings (SSSR count). The van der Waals surface area contributed by atoms with Crippen molar-refractivity contribution in [2.24, 2.45) is 7.05 Å². The van der Waals surface area contributed by atoms with Crippen molar-refractivity contribution in [3.05, 3.63) is 75.8 Å². The maximum atomic E-state index is 12.4. The van der Waals surface area contributed by atoms with Crippen LogP contribution in [0.1, 0.15) is 43.3 Å². The molecule has 162 valence electrons. The molecule has 1 atom stereocenters. The van der Waals surface area contributed by atoms with Gasteiger partial charge in [-0.15, -0.1) is 0 Å². The van der Waals surface area contributed by atoms with E-state index >= 15 is 0 Å². The number of rotatable bonds is 8. The molecule has 7 heteroatoms. The van der Waals surface area contributed by atoms with Crippen molar-refractivity contribution >= 4 is 22.8 Å². The van der Waals surface area contributed by atoms with Gasteiger partial charge in [-0.05, 0) is 36.6 Å². The number of carbonyl (C=O) groups is 2. The highest BCUT2D eigenvalue weighted by Gasteiger charge is 2.14. The van der Waals surface area contributed by atoms with Crippen molar-refractivity contribution in [2.45, 2.75) is 39.2 Å². The van der Waals surface area contributed by atoms with Crippen molar-refractivity contribution < 1.29 is 14.3 Å². The summed E-state index contributed by atoms with van der Waals surface area (Å²) in [7, 11) is 1.63. The summed E-state index contributed by atoms with van der Waals surface area (Å²) >= 11 is 0. The molecule has 1 aromatic heterocycles. The Labute approximate surface area is 181 Å². The van der Waals surface area contributed by atoms with E-state index in [1.807, 2.05) is 37.3 Å². The number of aryl methyl sites for hydroxylation is 2. The van der Waals surface area contributed by atoms with Gasteiger partial charge in [0.15, 0.2) is 6.61 Å². The number of para-hydroxylation sites is 1. The number of benzene rings is 2. The summed E-state index contributed by atoms with van der Waals surface area (Å²) in [5, 5.41) is 3.36. The largest absolute Gasteiger partial charge is 0.456 e. The zero-order valence-corrected chi connectivity index (χ0v) is 18.1. The van der Waals surface area contributed by atoms with Gasteiger partial charge < -0.3 is 10.1 Å². The molecule has 0 saturated heterocycles. The summed E-state index contributed by atoms with van der Waals surface area (Å²) in [4.78, 5) is 41.1. The van der Waals surface area contributed by atoms with Crippen molar-refractivity contribution in [3.63, 3.8) is 0 Å². The highest BCUT2D eigenvalue weighted by atomic mass is 16.5. The van der Waals surface area contributed by atoms with Gasteiger partial charge >= 0.3 is 5.97 Å². The van der Waals surface area contributed by atoms with Crippen LogP contribution in [0.15, 0.2) is 53.3 Å². The minimum absolute atomic E-state index is 0.0277. The topological polar surface area (TPSA) is 90.3 Å². The van der Waals surface area contributed by atoms with Crippen molar-refractivity contribution in [2.75, 3.05) is 6.61 Å². The first-order chi connectivity index (χ1) is 14.9. The molecule has 1 unspecified atom stereocenters. The van der Waals surface area contributed by atoms with E-state index in [-0.39, 0.29) is 37.0 Å². The number of nitrogens with zero attached hydrogens (tertiary/aromatic N) is 2. The number of ether oxygens (including phenoxy) is 1. The predicted molar refractivity (Wildman–Crippen MR) is 119 cm³/mol. The zero-order chi connectivity index (χ0) is 22.4. The Balaban J connectivity index is 1.50. The van der Waals surface area contributed by atoms with Crippen LogP contribution in [0.25, 0.3) is 10.9 Å². The molecule has 1 amide bonds. The fraction of sp³-hybridized carbons (Fsp3) is 0.333. The second-order valence-corrected chi connectivity index (χ2v) is 7.45. The number of hydrogen-bond donors (Lipinski definition) is 1. The molecule has 0 aliphatic rings. The number of aromatic nitrogens is 2. The van der Waals surface area contributed by atoms with Crippen LogP contribution in [0.4, 0.5) is 0 Å². The normalized spacial score (nSPS) is 11.8. The van der Waals surface area contributed by atoms with Crippen LogP contribution in [-0.4, -0.2) is 28.0 Å². The number of fused-ring (bicyclic) bond motifs is 1. The second-order valence-electron chi connectivity index (χ2n) is 7.45. The molecule has 0 aliphatic carbocycles. The second kappa shape index (κ2) is 10.0. The third kappa shape index (κ3) is 5.57. The molecule has 0 fully saturated rings. The Bertz CT molecular complexity index is 1140. The molecule has 0 saturated carbocycles. The first-order valence-corrected chi connectivity index (χ1v) is 10.4. The smallest absolute Gasteiger partial charge is 0.306 e. The molecule has 7 nitrogen and oxygen atoms in total. The van der Waals surface area contributed by atoms with Crippen LogP contribution < -0.4 is 10.9 Å². The summed E-state index contributed by atoms with van der Waals surface area (Å²) in [6.45, 7) is 3.62. The highest BCUT2D eigenvalue weighted by molar-refractivity contribution is 5.81. The number of esters is 1. The standard InChI is InChI=1S/C24H27N3O4/c1-4-17-9-11-18(12-10-17)16(2)25-22(28)15-31-23(29)14-13-21-26-20-8-6-5-7-19(20)24(30)27(21)3/h5-12,16H,4,13-15H2,1-3H3,(H,25,28). The van der Waals surface area contributed by atoms with E-state index in [9.17, 15) is 14.4 Å². The first-order valence-electron chi connectivity index (χ1n) is 10.4. The maximum Gasteiger partial charge on any atom is 0.306 e. The maximum absolute atomic E-state index is 12.4. The van der Waals surface area contributed by atoms with Crippen molar-refractivity contribution in [1.82, 2.24) is 14.9 Å². The Morgan fingerprint density at radius 1 is 1.13 bits per heavy atom. The molecule has 31 heavy (non-hydrogen) atoms. The molecule has 0 aliphatic heterocycles. The quantitative estimate of drug-likeness (QED) is 0.565. The van der Waals surface area contributed by atoms with E-state index in [1.54, 1.807) is 25.2 Å². The minimum Gasteiger partial charge on any atom is -0.456 e. The molecule has 2 aromatic carbocycles. The number of amides is 1. The predicted octanol–water partition coefficient (Wildman–Crippen LogP) is 2.85. The Morgan fingerprint density at radius 2 is 1.84 bits per heavy atom. The van der Waals surface area contributed by atoms with Gasteiger partial charge in [-0.2, -0.15) is 0 Å². The molecule has 0 spiro atoms. The van der Waals surface area contributed by atoms with E-state index in [2.05, 4.69) is 17.2 Å². The van der Waals surface area contributed by atoms with Gasteiger partial charge in [0, 0.05) is 13.5 Å². The Morgan fingerprint density at radius 3 is 2.55 bits per heavy atom. The average molecular weight is 421 g/mol. The third-order valence-corrected chi connectivity index (χ3v) is 5.26. The molecular weight excluding hydrogens is 394 g/mol. The van der Waals surface area contributed by atoms with Crippen molar-refractivity contribution in [1.29, 1.82) is 0 Å². The lowest BCUT2D eigenvalue weighted by Crippen LogP contribution is -2.31. The van der Waals surface area contributed by atoms with Gasteiger partial charge in [-0.25, -0.2) is 4.98 Å². The van der Waals surface area contributed by atoms with Crippen LogP contribution in [0.3, 0.4) is 0 Å². The lowest BCUT2D eigenvalue weighted by atomic mass is 10.1. The fourth-order valence-corrected chi connectivity index (χ4v) is 3.33. The number of nitrogens with one attached hydrogen (secondary N) is 1. The molecular formula is C24H27N3O4. The van der Waals surface area contributed by atoms with E-state index in [4.69, 9.17) is 4.74 Å². The summed E-state index contributed by atoms with van der Waals surface area (Å²) in [6.07, 6.45) is 1.23. The lowest BCUT2D eigenvalue weighted by molar-refractivity contribution is -0.148. The Hall–Kier alpha value is -3.48. The number of hydrogen-bond acceptors (Lipinski definition) is 5. The SMILES string of the molecule is CCc1ccc(C(C)NC(=O)COC(=O)CCc2nc3ccccc3c(=O)n2C)cc1. The minimum atomic E-state index is -0.516. The van der Waals surface area contributed by atoms with Crippen LogP contribution in [0.5, 0.6) is 0 Å². The molecule has 0 radical (unpaired) electrons. The van der Waals surface area contributed by atoms with Crippen LogP contribution >= 0.6 is 0 Å². The fourth-order valence-electron chi connectivity index (χ4n) is 3.33. The monoisotopic (exact) mass is 421 g/mol. The average Bonchev–Trinajstić information content (AvgIpc) is 2.79. The van der Waals surface area contributed by atoms with Gasteiger partial charge in [-0.3, -0.25) is 19.0 Å². The highest BCUT2D eigenvalue weighted by Crippen LogP contribution is 2.14. The van der Waals surface area contributed by atoms with Gasteiger partial charge in [0.25, 0.3) is 11.5 Å². The zero-order valence-electron chi connectivity index (χ0n) is 18.1. The van der Waals surface area contributed by atoms with E-state index in [0.29, 0.717) is 16.7 Å². The van der Waals surface area contributed by atoms with Crippen molar-refractivity contribution in [3.8, 4) is 0 Å². The van der Waals surface area contributed by atoms with E-state index in [0.717, 1.165) is 12.0 Å². The molecule has 0 bridgehead atoms. The van der Waals surface area contributed by atoms with Crippen LogP contribution in [-0.2, 0) is 34.2 Å². The van der Waals surface area contributed by atoms with Crippen LogP contribution in [0, 0.1) is 0 Å². The van der Waals surface area contributed by atoms with E-state index in [1.165, 1.54) is 10.1 Å². The molecule has 3 aromatic rings. The third-order valence-electron chi connectivity index (χ3n) is 5.26. The summed E-state index contributed by atoms with van der Waals surface area (Å²) in [6, 6.07) is 14.9. The van der Waals surface area contributed by atoms with Gasteiger partial charge in [0.05, 0.1) is 23.4 Å². The van der Waals surface area contributed by atoms with Gasteiger partial charge in [-0.1, -0.05) is 43.3 Å². The molecule has 1 heterocycles. The lowest BCUT2D eigenvalue weighted by Gasteiger charge is -2.15.